The summed E-state index contributed by atoms with van der Waals surface area (Å²) >= 11 is 0. The lowest BCUT2D eigenvalue weighted by Gasteiger charge is -2.11. The smallest absolute Gasteiger partial charge is 0.266 e. The van der Waals surface area contributed by atoms with Crippen molar-refractivity contribution in [3.63, 3.8) is 0 Å². The molecule has 3 aromatic rings. The number of halogens is 3. The summed E-state index contributed by atoms with van der Waals surface area (Å²) in [7, 11) is 1.81. The van der Waals surface area contributed by atoms with Crippen LogP contribution in [0.15, 0.2) is 36.7 Å². The monoisotopic (exact) mass is 386 g/mol. The highest BCUT2D eigenvalue weighted by Crippen LogP contribution is 2.62. The van der Waals surface area contributed by atoms with E-state index in [9.17, 15) is 18.0 Å². The third kappa shape index (κ3) is 2.51. The number of carbonyl (C=O) groups excluding carboxylic acids is 1. The van der Waals surface area contributed by atoms with Crippen LogP contribution < -0.4 is 0 Å². The van der Waals surface area contributed by atoms with Crippen molar-refractivity contribution in [3.8, 4) is 11.1 Å². The average molecular weight is 386 g/mol. The van der Waals surface area contributed by atoms with Crippen LogP contribution in [0, 0.1) is 11.2 Å². The topological polar surface area (TPSA) is 51.0 Å². The predicted molar refractivity (Wildman–Crippen MR) is 96.2 cm³/mol. The number of carbonyl (C=O) groups is 1. The van der Waals surface area contributed by atoms with Crippen LogP contribution in [0.3, 0.4) is 0 Å². The van der Waals surface area contributed by atoms with Gasteiger partial charge < -0.3 is 4.90 Å². The fourth-order valence-corrected chi connectivity index (χ4v) is 4.31. The molecular weight excluding hydrogens is 369 g/mol. The van der Waals surface area contributed by atoms with E-state index in [1.54, 1.807) is 17.3 Å². The fraction of sp³-hybridized carbons (Fsp3) is 0.350. The molecule has 0 bridgehead atoms. The van der Waals surface area contributed by atoms with Crippen molar-refractivity contribution in [1.82, 2.24) is 19.7 Å². The summed E-state index contributed by atoms with van der Waals surface area (Å²) in [4.78, 5) is 18.1. The van der Waals surface area contributed by atoms with Gasteiger partial charge in [0.25, 0.3) is 6.43 Å². The molecule has 5 rings (SSSR count). The molecule has 1 aliphatic carbocycles. The summed E-state index contributed by atoms with van der Waals surface area (Å²) in [6.07, 6.45) is 1.74. The molecule has 1 amide bonds. The highest BCUT2D eigenvalue weighted by molar-refractivity contribution is 5.82. The first-order valence-corrected chi connectivity index (χ1v) is 9.03. The van der Waals surface area contributed by atoms with E-state index < -0.39 is 17.8 Å². The van der Waals surface area contributed by atoms with Gasteiger partial charge in [0.2, 0.25) is 5.91 Å². The van der Waals surface area contributed by atoms with Crippen molar-refractivity contribution in [2.45, 2.75) is 25.3 Å². The van der Waals surface area contributed by atoms with Crippen molar-refractivity contribution in [2.75, 3.05) is 13.6 Å². The molecule has 2 fully saturated rings. The Morgan fingerprint density at radius 2 is 2.04 bits per heavy atom. The first kappa shape index (κ1) is 17.2. The van der Waals surface area contributed by atoms with E-state index in [-0.39, 0.29) is 17.4 Å². The molecule has 3 heterocycles. The maximum atomic E-state index is 13.6. The molecule has 2 atom stereocenters. The van der Waals surface area contributed by atoms with Gasteiger partial charge in [-0.05, 0) is 30.2 Å². The Morgan fingerprint density at radius 1 is 1.21 bits per heavy atom. The van der Waals surface area contributed by atoms with E-state index in [1.807, 2.05) is 17.8 Å². The molecule has 144 valence electrons. The Kier molecular flexibility index (Phi) is 3.56. The van der Waals surface area contributed by atoms with E-state index in [2.05, 4.69) is 10.1 Å². The van der Waals surface area contributed by atoms with Crippen LogP contribution in [0.4, 0.5) is 13.2 Å². The van der Waals surface area contributed by atoms with Crippen molar-refractivity contribution in [2.24, 2.45) is 5.41 Å². The van der Waals surface area contributed by atoms with Crippen LogP contribution in [0.2, 0.25) is 0 Å². The van der Waals surface area contributed by atoms with Gasteiger partial charge in [-0.25, -0.2) is 13.2 Å². The summed E-state index contributed by atoms with van der Waals surface area (Å²) < 4.78 is 41.6. The van der Waals surface area contributed by atoms with E-state index in [1.165, 1.54) is 6.07 Å². The maximum absolute atomic E-state index is 13.6. The number of rotatable bonds is 3. The van der Waals surface area contributed by atoms with E-state index >= 15 is 0 Å². The number of hydrogen-bond donors (Lipinski definition) is 0. The maximum Gasteiger partial charge on any atom is 0.266 e. The third-order valence-electron chi connectivity index (χ3n) is 5.94. The predicted octanol–water partition coefficient (Wildman–Crippen LogP) is 3.97. The zero-order valence-corrected chi connectivity index (χ0v) is 15.1. The molecule has 2 aromatic heterocycles. The molecule has 1 saturated heterocycles. The first-order valence-electron chi connectivity index (χ1n) is 9.03. The van der Waals surface area contributed by atoms with Gasteiger partial charge in [0.15, 0.2) is 0 Å². The summed E-state index contributed by atoms with van der Waals surface area (Å²) in [5, 5.41) is 4.47. The number of aromatic nitrogens is 3. The van der Waals surface area contributed by atoms with E-state index in [0.29, 0.717) is 29.6 Å². The molecule has 28 heavy (non-hydrogen) atoms. The second kappa shape index (κ2) is 5.80. The van der Waals surface area contributed by atoms with Crippen LogP contribution in [-0.2, 0) is 4.79 Å². The highest BCUT2D eigenvalue weighted by Gasteiger charge is 2.61. The minimum Gasteiger partial charge on any atom is -0.345 e. The quantitative estimate of drug-likeness (QED) is 0.685. The van der Waals surface area contributed by atoms with Gasteiger partial charge >= 0.3 is 0 Å². The number of likely N-dealkylation sites (tertiary alicyclic amines) is 1. The zero-order valence-electron chi connectivity index (χ0n) is 15.1. The van der Waals surface area contributed by atoms with E-state index in [0.717, 1.165) is 24.1 Å². The minimum atomic E-state index is -2.88. The van der Waals surface area contributed by atoms with Crippen molar-refractivity contribution < 1.29 is 18.0 Å². The Bertz CT molecular complexity index is 1110. The van der Waals surface area contributed by atoms with Gasteiger partial charge in [-0.1, -0.05) is 6.07 Å². The van der Waals surface area contributed by atoms with Gasteiger partial charge in [0.05, 0.1) is 23.3 Å². The fourth-order valence-electron chi connectivity index (χ4n) is 4.31. The summed E-state index contributed by atoms with van der Waals surface area (Å²) in [6.45, 7) is 0.709. The molecule has 8 heteroatoms. The normalized spacial score (nSPS) is 24.1. The molecular formula is C20H17F3N4O. The Balaban J connectivity index is 1.54. The molecule has 0 radical (unpaired) electrons. The van der Waals surface area contributed by atoms with Crippen LogP contribution in [0.25, 0.3) is 22.2 Å². The van der Waals surface area contributed by atoms with Crippen molar-refractivity contribution >= 4 is 16.9 Å². The van der Waals surface area contributed by atoms with Gasteiger partial charge in [0.1, 0.15) is 11.3 Å². The third-order valence-corrected chi connectivity index (χ3v) is 5.94. The summed E-state index contributed by atoms with van der Waals surface area (Å²) in [6, 6.07) is 5.62. The van der Waals surface area contributed by atoms with Gasteiger partial charge in [-0.2, -0.15) is 5.10 Å². The summed E-state index contributed by atoms with van der Waals surface area (Å²) in [5.41, 5.74) is 1.86. The number of amides is 1. The SMILES string of the molecule is CN1CC2(CC1=O)CC2n1ncc2ncc(-c3ccc(F)c(C(F)F)c3)cc21. The van der Waals surface area contributed by atoms with Crippen molar-refractivity contribution in [1.29, 1.82) is 0 Å². The molecule has 2 aliphatic rings. The van der Waals surface area contributed by atoms with E-state index in [4.69, 9.17) is 0 Å². The molecule has 5 nitrogen and oxygen atoms in total. The van der Waals surface area contributed by atoms with Crippen LogP contribution in [0.5, 0.6) is 0 Å². The second-order valence-corrected chi connectivity index (χ2v) is 7.76. The number of alkyl halides is 2. The number of pyridine rings is 1. The minimum absolute atomic E-state index is 0.0838. The van der Waals surface area contributed by atoms with Crippen LogP contribution in [-0.4, -0.2) is 39.2 Å². The second-order valence-electron chi connectivity index (χ2n) is 7.76. The van der Waals surface area contributed by atoms with Crippen LogP contribution >= 0.6 is 0 Å². The lowest BCUT2D eigenvalue weighted by molar-refractivity contribution is -0.126. The van der Waals surface area contributed by atoms with Gasteiger partial charge in [-0.15, -0.1) is 0 Å². The Labute approximate surface area is 158 Å². The lowest BCUT2D eigenvalue weighted by atomic mass is 10.0. The molecule has 0 N–H and O–H groups in total. The molecule has 1 saturated carbocycles. The van der Waals surface area contributed by atoms with Gasteiger partial charge in [-0.3, -0.25) is 14.5 Å². The molecule has 1 aliphatic heterocycles. The number of benzene rings is 1. The molecule has 1 spiro atoms. The lowest BCUT2D eigenvalue weighted by Crippen LogP contribution is -2.19. The molecule has 2 unspecified atom stereocenters. The molecule has 1 aromatic carbocycles. The van der Waals surface area contributed by atoms with Crippen molar-refractivity contribution in [3.05, 3.63) is 48.0 Å². The Hall–Kier alpha value is -2.90. The first-order chi connectivity index (χ1) is 13.4. The summed E-state index contributed by atoms with van der Waals surface area (Å²) in [5.74, 6) is -0.781. The standard InChI is InChI=1S/C20H17F3N4O/c1-26-10-20(7-18(26)28)6-17(20)27-16-5-12(8-24-15(16)9-25-27)11-2-3-14(21)13(4-11)19(22)23/h2-5,8-9,17,19H,6-7,10H2,1H3. The Morgan fingerprint density at radius 3 is 2.75 bits per heavy atom. The highest BCUT2D eigenvalue weighted by atomic mass is 19.3. The number of fused-ring (bicyclic) bond motifs is 1. The number of hydrogen-bond acceptors (Lipinski definition) is 3. The number of nitrogens with zero attached hydrogens (tertiary/aromatic N) is 4. The zero-order chi connectivity index (χ0) is 19.6. The average Bonchev–Trinajstić information content (AvgIpc) is 3.04. The largest absolute Gasteiger partial charge is 0.345 e. The van der Waals surface area contributed by atoms with Gasteiger partial charge in [0, 0.05) is 37.2 Å². The van der Waals surface area contributed by atoms with Crippen LogP contribution in [0.1, 0.15) is 30.9 Å².